The smallest absolute Gasteiger partial charge is 0.410 e. The number of hydrogen-bond acceptors (Lipinski definition) is 4. The quantitative estimate of drug-likeness (QED) is 0.754. The maximum Gasteiger partial charge on any atom is 0.410 e. The van der Waals surface area contributed by atoms with Crippen molar-refractivity contribution < 1.29 is 17.9 Å². The third-order valence-corrected chi connectivity index (χ3v) is 9.46. The molecule has 1 amide bonds. The van der Waals surface area contributed by atoms with Crippen LogP contribution in [0.3, 0.4) is 0 Å². The van der Waals surface area contributed by atoms with Gasteiger partial charge in [-0.15, -0.1) is 0 Å². The van der Waals surface area contributed by atoms with Gasteiger partial charge in [0.1, 0.15) is 0 Å². The number of fused-ring (bicyclic) bond motifs is 2. The van der Waals surface area contributed by atoms with Gasteiger partial charge in [0.15, 0.2) is 0 Å². The minimum Gasteiger partial charge on any atom is -0.453 e. The summed E-state index contributed by atoms with van der Waals surface area (Å²) in [5.74, 6) is 0. The molecule has 1 aromatic carbocycles. The lowest BCUT2D eigenvalue weighted by molar-refractivity contribution is 0.120. The highest BCUT2D eigenvalue weighted by atomic mass is 32.2. The molecule has 0 aromatic heterocycles. The second kappa shape index (κ2) is 5.98. The van der Waals surface area contributed by atoms with E-state index >= 15 is 0 Å². The van der Waals surface area contributed by atoms with Crippen LogP contribution in [0.1, 0.15) is 18.4 Å². The summed E-state index contributed by atoms with van der Waals surface area (Å²) in [4.78, 5) is 14.7. The lowest BCUT2D eigenvalue weighted by atomic mass is 10.1. The molecule has 0 aliphatic carbocycles. The van der Waals surface area contributed by atoms with Crippen LogP contribution in [0.4, 0.5) is 4.79 Å². The van der Waals surface area contributed by atoms with Crippen molar-refractivity contribution in [2.24, 2.45) is 0 Å². The van der Waals surface area contributed by atoms with Gasteiger partial charge in [0.05, 0.1) is 37.1 Å². The van der Waals surface area contributed by atoms with Gasteiger partial charge in [-0.3, -0.25) is 4.90 Å². The monoisotopic (exact) mass is 379 g/mol. The third-order valence-electron chi connectivity index (χ3n) is 5.10. The van der Waals surface area contributed by atoms with Crippen molar-refractivity contribution in [2.75, 3.05) is 7.11 Å². The number of amides is 1. The predicted octanol–water partition coefficient (Wildman–Crippen LogP) is 3.51. The summed E-state index contributed by atoms with van der Waals surface area (Å²) in [6.07, 6.45) is 1.05. The number of carbonyl (C=O) groups excluding carboxylic acids is 1. The maximum absolute atomic E-state index is 13.4. The first-order valence-corrected chi connectivity index (χ1v) is 13.5. The summed E-state index contributed by atoms with van der Waals surface area (Å²) >= 11 is 0. The van der Waals surface area contributed by atoms with Gasteiger partial charge < -0.3 is 4.74 Å². The van der Waals surface area contributed by atoms with Gasteiger partial charge in [-0.2, -0.15) is 0 Å². The summed E-state index contributed by atoms with van der Waals surface area (Å²) in [7, 11) is -4.22. The van der Waals surface area contributed by atoms with E-state index in [1.807, 2.05) is 19.1 Å². The number of carbonyl (C=O) groups is 1. The average Bonchev–Trinajstić information content (AvgIpc) is 3.10. The number of sulfone groups is 1. The summed E-state index contributed by atoms with van der Waals surface area (Å²) in [5, 5.41) is 0.981. The lowest BCUT2D eigenvalue weighted by Gasteiger charge is -2.28. The molecule has 3 rings (SSSR count). The highest BCUT2D eigenvalue weighted by Gasteiger charge is 2.55. The predicted molar refractivity (Wildman–Crippen MR) is 99.8 cm³/mol. The van der Waals surface area contributed by atoms with E-state index in [9.17, 15) is 13.2 Å². The molecular weight excluding hydrogens is 354 g/mol. The molecule has 2 aliphatic heterocycles. The van der Waals surface area contributed by atoms with E-state index in [2.05, 4.69) is 19.6 Å². The van der Waals surface area contributed by atoms with E-state index in [4.69, 9.17) is 4.74 Å². The third kappa shape index (κ3) is 2.83. The van der Waals surface area contributed by atoms with Crippen LogP contribution in [0, 0.1) is 6.92 Å². The Kier molecular flexibility index (Phi) is 4.35. The minimum atomic E-state index is -3.63. The van der Waals surface area contributed by atoms with Crippen LogP contribution in [0.15, 0.2) is 39.3 Å². The van der Waals surface area contributed by atoms with Crippen molar-refractivity contribution >= 4 is 24.0 Å². The zero-order valence-corrected chi connectivity index (χ0v) is 17.2. The summed E-state index contributed by atoms with van der Waals surface area (Å²) in [6.45, 7) is 8.36. The fourth-order valence-electron chi connectivity index (χ4n) is 4.09. The van der Waals surface area contributed by atoms with Gasteiger partial charge in [-0.25, -0.2) is 13.2 Å². The summed E-state index contributed by atoms with van der Waals surface area (Å²) in [5.41, 5.74) is 1.02. The highest BCUT2D eigenvalue weighted by molar-refractivity contribution is 7.95. The number of rotatable bonds is 3. The van der Waals surface area contributed by atoms with Gasteiger partial charge in [-0.1, -0.05) is 37.3 Å². The Morgan fingerprint density at radius 2 is 1.68 bits per heavy atom. The van der Waals surface area contributed by atoms with Gasteiger partial charge in [0.2, 0.25) is 9.84 Å². The summed E-state index contributed by atoms with van der Waals surface area (Å²) < 4.78 is 31.8. The number of methoxy groups -OCH3 is 1. The van der Waals surface area contributed by atoms with Crippen LogP contribution in [-0.4, -0.2) is 46.7 Å². The molecule has 7 heteroatoms. The topological polar surface area (TPSA) is 63.7 Å². The van der Waals surface area contributed by atoms with Crippen molar-refractivity contribution in [2.45, 2.75) is 56.4 Å². The van der Waals surface area contributed by atoms with E-state index in [-0.39, 0.29) is 6.04 Å². The molecule has 25 heavy (non-hydrogen) atoms. The molecule has 136 valence electrons. The fraction of sp³-hybridized carbons (Fsp3) is 0.500. The van der Waals surface area contributed by atoms with Crippen LogP contribution < -0.4 is 0 Å². The Morgan fingerprint density at radius 1 is 1.12 bits per heavy atom. The Balaban J connectivity index is 2.18. The second-order valence-corrected chi connectivity index (χ2v) is 14.8. The van der Waals surface area contributed by atoms with E-state index in [0.717, 1.165) is 17.2 Å². The molecule has 1 saturated heterocycles. The van der Waals surface area contributed by atoms with Crippen molar-refractivity contribution in [1.29, 1.82) is 0 Å². The van der Waals surface area contributed by atoms with Crippen LogP contribution >= 0.6 is 0 Å². The number of hydrogen-bond donors (Lipinski definition) is 0. The average molecular weight is 380 g/mol. The van der Waals surface area contributed by atoms with Crippen molar-refractivity contribution in [1.82, 2.24) is 4.90 Å². The van der Waals surface area contributed by atoms with E-state index in [1.54, 1.807) is 17.0 Å². The fourth-order valence-corrected chi connectivity index (χ4v) is 9.37. The van der Waals surface area contributed by atoms with Crippen LogP contribution in [0.25, 0.3) is 0 Å². The van der Waals surface area contributed by atoms with Gasteiger partial charge >= 0.3 is 6.09 Å². The number of ether oxygens (including phenoxy) is 1. The normalized spacial score (nSPS) is 23.3. The number of aryl methyl sites for hydroxylation is 1. The van der Waals surface area contributed by atoms with Crippen molar-refractivity contribution in [3.8, 4) is 0 Å². The molecule has 0 spiro atoms. The first-order valence-electron chi connectivity index (χ1n) is 8.51. The molecule has 2 bridgehead atoms. The van der Waals surface area contributed by atoms with Gasteiger partial charge in [-0.05, 0) is 37.1 Å². The molecule has 0 saturated carbocycles. The Morgan fingerprint density at radius 3 is 2.20 bits per heavy atom. The van der Waals surface area contributed by atoms with Crippen molar-refractivity contribution in [3.63, 3.8) is 0 Å². The first-order chi connectivity index (χ1) is 11.6. The Bertz CT molecular complexity index is 837. The van der Waals surface area contributed by atoms with Gasteiger partial charge in [0, 0.05) is 0 Å². The van der Waals surface area contributed by atoms with E-state index in [0.29, 0.717) is 16.2 Å². The molecular formula is C18H25NO4SSi. The highest BCUT2D eigenvalue weighted by Crippen LogP contribution is 2.49. The molecule has 5 nitrogen and oxygen atoms in total. The lowest BCUT2D eigenvalue weighted by Crippen LogP contribution is -2.40. The molecule has 0 N–H and O–H groups in total. The largest absolute Gasteiger partial charge is 0.453 e. The van der Waals surface area contributed by atoms with Gasteiger partial charge in [0.25, 0.3) is 0 Å². The van der Waals surface area contributed by atoms with E-state index < -0.39 is 30.0 Å². The Labute approximate surface area is 150 Å². The standard InChI is InChI=1S/C18H25NO4SSi/c1-12-6-8-13(9-7-12)24(21,22)16-14-10-11-15(17(16)25(3,4)5)19(14)18(20)23-2/h6-9,14-15H,10-11H2,1-5H3/t14-,15+/m1/s1. The molecule has 1 fully saturated rings. The van der Waals surface area contributed by atoms with Crippen LogP contribution in [0.5, 0.6) is 0 Å². The summed E-state index contributed by atoms with van der Waals surface area (Å²) in [6, 6.07) is 6.41. The zero-order chi connectivity index (χ0) is 18.6. The zero-order valence-electron chi connectivity index (χ0n) is 15.4. The first kappa shape index (κ1) is 18.2. The van der Waals surface area contributed by atoms with E-state index in [1.165, 1.54) is 7.11 Å². The molecule has 0 radical (unpaired) electrons. The Hall–Kier alpha value is -1.60. The molecule has 0 unspecified atom stereocenters. The maximum atomic E-state index is 13.4. The van der Waals surface area contributed by atoms with Crippen molar-refractivity contribution in [3.05, 3.63) is 39.9 Å². The SMILES string of the molecule is COC(=O)N1[C@@H]2CC[C@H]1C([Si](C)(C)C)=C2S(=O)(=O)c1ccc(C)cc1. The minimum absolute atomic E-state index is 0.139. The number of nitrogens with zero attached hydrogens (tertiary/aromatic N) is 1. The molecule has 2 heterocycles. The molecule has 2 atom stereocenters. The van der Waals surface area contributed by atoms with Crippen LogP contribution in [-0.2, 0) is 14.6 Å². The second-order valence-electron chi connectivity index (χ2n) is 7.83. The molecule has 2 aliphatic rings. The van der Waals surface area contributed by atoms with Crippen LogP contribution in [0.2, 0.25) is 19.6 Å². The number of benzene rings is 1. The molecule has 1 aromatic rings.